The molecule has 0 spiro atoms. The van der Waals surface area contributed by atoms with Crippen molar-refractivity contribution in [3.8, 4) is 0 Å². The Balaban J connectivity index is 1.56. The number of likely N-dealkylation sites (tertiary alicyclic amines) is 1. The van der Waals surface area contributed by atoms with Crippen molar-refractivity contribution in [1.82, 2.24) is 9.80 Å². The third kappa shape index (κ3) is 3.26. The average molecular weight is 292 g/mol. The van der Waals surface area contributed by atoms with Crippen molar-refractivity contribution in [3.05, 3.63) is 21.9 Å². The van der Waals surface area contributed by atoms with E-state index in [4.69, 9.17) is 0 Å². The highest BCUT2D eigenvalue weighted by Crippen LogP contribution is 2.42. The summed E-state index contributed by atoms with van der Waals surface area (Å²) in [6.07, 6.45) is 7.09. The Kier molecular flexibility index (Phi) is 4.21. The minimum absolute atomic E-state index is 0.489. The molecule has 3 rings (SSSR count). The fourth-order valence-corrected chi connectivity index (χ4v) is 4.54. The van der Waals surface area contributed by atoms with Crippen LogP contribution in [-0.4, -0.2) is 42.5 Å². The molecule has 0 radical (unpaired) electrons. The molecular formula is C17H28N2S. The van der Waals surface area contributed by atoms with Crippen molar-refractivity contribution in [2.45, 2.75) is 51.1 Å². The number of hydrogen-bond donors (Lipinski definition) is 0. The van der Waals surface area contributed by atoms with Gasteiger partial charge in [-0.05, 0) is 58.3 Å². The Hall–Kier alpha value is -0.380. The first kappa shape index (κ1) is 14.6. The standard InChI is InChI=1S/C17H28N2S/c1-14-4-7-16(20-14)13-19-10-8-17(9-11-19,18(2)3)12-15-5-6-15/h4,7,15H,5-6,8-13H2,1-3H3. The Morgan fingerprint density at radius 2 is 1.95 bits per heavy atom. The third-order valence-electron chi connectivity index (χ3n) is 5.28. The van der Waals surface area contributed by atoms with E-state index in [0.717, 1.165) is 12.5 Å². The smallest absolute Gasteiger partial charge is 0.0328 e. The van der Waals surface area contributed by atoms with Gasteiger partial charge in [0, 0.05) is 34.9 Å². The van der Waals surface area contributed by atoms with Crippen LogP contribution in [0.15, 0.2) is 12.1 Å². The van der Waals surface area contributed by atoms with Crippen molar-refractivity contribution in [2.24, 2.45) is 5.92 Å². The Morgan fingerprint density at radius 1 is 1.25 bits per heavy atom. The molecule has 0 atom stereocenters. The highest BCUT2D eigenvalue weighted by molar-refractivity contribution is 7.11. The molecule has 2 nitrogen and oxygen atoms in total. The molecule has 0 unspecified atom stereocenters. The molecule has 0 amide bonds. The fourth-order valence-electron chi connectivity index (χ4n) is 3.61. The summed E-state index contributed by atoms with van der Waals surface area (Å²) in [5.74, 6) is 1.03. The van der Waals surface area contributed by atoms with Crippen molar-refractivity contribution in [3.63, 3.8) is 0 Å². The Bertz CT molecular complexity index is 440. The van der Waals surface area contributed by atoms with Crippen LogP contribution in [0.3, 0.4) is 0 Å². The van der Waals surface area contributed by atoms with Gasteiger partial charge in [-0.15, -0.1) is 11.3 Å². The van der Waals surface area contributed by atoms with Gasteiger partial charge >= 0.3 is 0 Å². The zero-order chi connectivity index (χ0) is 14.2. The van der Waals surface area contributed by atoms with Gasteiger partial charge in [-0.2, -0.15) is 0 Å². The third-order valence-corrected chi connectivity index (χ3v) is 6.26. The molecule has 3 heteroatoms. The maximum Gasteiger partial charge on any atom is 0.0328 e. The number of aryl methyl sites for hydroxylation is 1. The van der Waals surface area contributed by atoms with Crippen LogP contribution in [0.25, 0.3) is 0 Å². The first-order valence-electron chi connectivity index (χ1n) is 8.02. The normalized spacial score (nSPS) is 23.4. The molecule has 112 valence electrons. The molecule has 2 fully saturated rings. The molecule has 1 aromatic heterocycles. The van der Waals surface area contributed by atoms with Gasteiger partial charge in [0.2, 0.25) is 0 Å². The van der Waals surface area contributed by atoms with Gasteiger partial charge in [-0.1, -0.05) is 12.8 Å². The zero-order valence-electron chi connectivity index (χ0n) is 13.2. The Labute approximate surface area is 127 Å². The van der Waals surface area contributed by atoms with Crippen LogP contribution < -0.4 is 0 Å². The SMILES string of the molecule is Cc1ccc(CN2CCC(CC3CC3)(N(C)C)CC2)s1. The lowest BCUT2D eigenvalue weighted by Gasteiger charge is -2.46. The predicted octanol–water partition coefficient (Wildman–Crippen LogP) is 3.75. The van der Waals surface area contributed by atoms with Gasteiger partial charge in [0.1, 0.15) is 0 Å². The summed E-state index contributed by atoms with van der Waals surface area (Å²) in [5, 5.41) is 0. The van der Waals surface area contributed by atoms with Gasteiger partial charge in [-0.25, -0.2) is 0 Å². The summed E-state index contributed by atoms with van der Waals surface area (Å²) in [6, 6.07) is 4.55. The predicted molar refractivity (Wildman–Crippen MR) is 87.3 cm³/mol. The molecule has 1 saturated carbocycles. The highest BCUT2D eigenvalue weighted by Gasteiger charge is 2.40. The van der Waals surface area contributed by atoms with Crippen LogP contribution in [-0.2, 0) is 6.54 Å². The summed E-state index contributed by atoms with van der Waals surface area (Å²) in [7, 11) is 4.58. The first-order valence-corrected chi connectivity index (χ1v) is 8.84. The summed E-state index contributed by atoms with van der Waals surface area (Å²) < 4.78 is 0. The van der Waals surface area contributed by atoms with E-state index in [9.17, 15) is 0 Å². The lowest BCUT2D eigenvalue weighted by Crippen LogP contribution is -2.52. The molecule has 2 heterocycles. The van der Waals surface area contributed by atoms with Crippen LogP contribution in [0.5, 0.6) is 0 Å². The Morgan fingerprint density at radius 3 is 2.45 bits per heavy atom. The lowest BCUT2D eigenvalue weighted by molar-refractivity contribution is 0.0422. The van der Waals surface area contributed by atoms with Crippen LogP contribution in [0.1, 0.15) is 41.9 Å². The molecule has 1 aliphatic heterocycles. The number of nitrogens with zero attached hydrogens (tertiary/aromatic N) is 2. The number of hydrogen-bond acceptors (Lipinski definition) is 3. The average Bonchev–Trinajstić information content (AvgIpc) is 3.13. The maximum absolute atomic E-state index is 2.65. The minimum atomic E-state index is 0.489. The first-order chi connectivity index (χ1) is 9.57. The molecule has 0 bridgehead atoms. The van der Waals surface area contributed by atoms with Crippen LogP contribution in [0, 0.1) is 12.8 Å². The second kappa shape index (κ2) is 5.78. The van der Waals surface area contributed by atoms with Crippen molar-refractivity contribution in [1.29, 1.82) is 0 Å². The monoisotopic (exact) mass is 292 g/mol. The van der Waals surface area contributed by atoms with Crippen molar-refractivity contribution in [2.75, 3.05) is 27.2 Å². The topological polar surface area (TPSA) is 6.48 Å². The lowest BCUT2D eigenvalue weighted by atomic mass is 9.81. The largest absolute Gasteiger partial charge is 0.304 e. The minimum Gasteiger partial charge on any atom is -0.304 e. The summed E-state index contributed by atoms with van der Waals surface area (Å²) in [5.41, 5.74) is 0.489. The van der Waals surface area contributed by atoms with Crippen LogP contribution >= 0.6 is 11.3 Å². The summed E-state index contributed by atoms with van der Waals surface area (Å²) in [4.78, 5) is 8.15. The number of piperidine rings is 1. The van der Waals surface area contributed by atoms with E-state index in [1.54, 1.807) is 0 Å². The number of thiophene rings is 1. The van der Waals surface area contributed by atoms with E-state index in [2.05, 4.69) is 43.0 Å². The summed E-state index contributed by atoms with van der Waals surface area (Å²) >= 11 is 1.96. The van der Waals surface area contributed by atoms with Crippen molar-refractivity contribution < 1.29 is 0 Å². The molecule has 1 aromatic rings. The van der Waals surface area contributed by atoms with E-state index < -0.39 is 0 Å². The second-order valence-corrected chi connectivity index (χ2v) is 8.43. The molecule has 0 aromatic carbocycles. The zero-order valence-corrected chi connectivity index (χ0v) is 14.0. The quantitative estimate of drug-likeness (QED) is 0.815. The molecule has 0 N–H and O–H groups in total. The molecule has 1 aliphatic carbocycles. The molecule has 1 saturated heterocycles. The maximum atomic E-state index is 2.65. The van der Waals surface area contributed by atoms with Crippen LogP contribution in [0.2, 0.25) is 0 Å². The van der Waals surface area contributed by atoms with E-state index >= 15 is 0 Å². The van der Waals surface area contributed by atoms with Gasteiger partial charge in [0.05, 0.1) is 0 Å². The highest BCUT2D eigenvalue weighted by atomic mass is 32.1. The molecular weight excluding hydrogens is 264 g/mol. The van der Waals surface area contributed by atoms with E-state index in [-0.39, 0.29) is 0 Å². The van der Waals surface area contributed by atoms with E-state index in [1.807, 2.05) is 11.3 Å². The van der Waals surface area contributed by atoms with Gasteiger partial charge in [0.25, 0.3) is 0 Å². The van der Waals surface area contributed by atoms with Crippen molar-refractivity contribution >= 4 is 11.3 Å². The summed E-state index contributed by atoms with van der Waals surface area (Å²) in [6.45, 7) is 5.90. The van der Waals surface area contributed by atoms with Crippen LogP contribution in [0.4, 0.5) is 0 Å². The second-order valence-electron chi connectivity index (χ2n) is 7.05. The van der Waals surface area contributed by atoms with Gasteiger partial charge in [0.15, 0.2) is 0 Å². The number of rotatable bonds is 5. The van der Waals surface area contributed by atoms with E-state index in [1.165, 1.54) is 54.9 Å². The van der Waals surface area contributed by atoms with Gasteiger partial charge in [-0.3, -0.25) is 4.90 Å². The molecule has 2 aliphatic rings. The van der Waals surface area contributed by atoms with E-state index in [0.29, 0.717) is 5.54 Å². The molecule has 20 heavy (non-hydrogen) atoms. The van der Waals surface area contributed by atoms with Gasteiger partial charge < -0.3 is 4.90 Å². The fraction of sp³-hybridized carbons (Fsp3) is 0.765.